The summed E-state index contributed by atoms with van der Waals surface area (Å²) in [6.07, 6.45) is 5.46. The number of methoxy groups -OCH3 is 1. The number of fused-ring (bicyclic) bond motifs is 1. The lowest BCUT2D eigenvalue weighted by Gasteiger charge is -2.37. The Morgan fingerprint density at radius 2 is 2.03 bits per heavy atom. The Morgan fingerprint density at radius 1 is 1.19 bits per heavy atom. The van der Waals surface area contributed by atoms with E-state index in [4.69, 9.17) is 14.6 Å². The van der Waals surface area contributed by atoms with Gasteiger partial charge in [-0.2, -0.15) is 5.10 Å². The predicted molar refractivity (Wildman–Crippen MR) is 132 cm³/mol. The maximum absolute atomic E-state index is 14.5. The first-order chi connectivity index (χ1) is 17.5. The van der Waals surface area contributed by atoms with Gasteiger partial charge in [0.25, 0.3) is 0 Å². The standard InChI is InChI=1S/C26H31FN6O3/c1-4-22(32-10-9-31(2)16-24(32)34)21-13-17(5-8-28-21)25-19-6-11-36-12-7-23(19)33(30-25)18-14-20(27)26(35-3)29-15-18/h5,8,13-15,22H,4,6-7,9-12,16H2,1-3H3. The Balaban J connectivity index is 1.56. The zero-order chi connectivity index (χ0) is 25.2. The van der Waals surface area contributed by atoms with Gasteiger partial charge in [0, 0.05) is 42.9 Å². The Bertz CT molecular complexity index is 1260. The first-order valence-corrected chi connectivity index (χ1v) is 12.3. The van der Waals surface area contributed by atoms with Crippen LogP contribution in [-0.4, -0.2) is 82.5 Å². The number of rotatable bonds is 6. The molecule has 3 aromatic rings. The highest BCUT2D eigenvalue weighted by Gasteiger charge is 2.30. The van der Waals surface area contributed by atoms with Gasteiger partial charge in [0.05, 0.1) is 61.9 Å². The van der Waals surface area contributed by atoms with Crippen LogP contribution in [0.15, 0.2) is 30.6 Å². The summed E-state index contributed by atoms with van der Waals surface area (Å²) in [4.78, 5) is 25.5. The molecule has 0 radical (unpaired) electrons. The van der Waals surface area contributed by atoms with Crippen molar-refractivity contribution in [3.63, 3.8) is 0 Å². The van der Waals surface area contributed by atoms with Crippen LogP contribution in [0, 0.1) is 5.82 Å². The number of amides is 1. The summed E-state index contributed by atoms with van der Waals surface area (Å²) in [5, 5.41) is 4.93. The summed E-state index contributed by atoms with van der Waals surface area (Å²) in [5.41, 5.74) is 5.16. The van der Waals surface area contributed by atoms with E-state index in [0.717, 1.165) is 41.2 Å². The van der Waals surface area contributed by atoms with Crippen molar-refractivity contribution in [3.05, 3.63) is 53.4 Å². The van der Waals surface area contributed by atoms with Gasteiger partial charge in [-0.3, -0.25) is 14.7 Å². The van der Waals surface area contributed by atoms with Gasteiger partial charge in [0.2, 0.25) is 11.8 Å². The van der Waals surface area contributed by atoms with Gasteiger partial charge < -0.3 is 14.4 Å². The van der Waals surface area contributed by atoms with Gasteiger partial charge in [0.15, 0.2) is 5.82 Å². The lowest BCUT2D eigenvalue weighted by atomic mass is 10.00. The van der Waals surface area contributed by atoms with E-state index in [2.05, 4.69) is 16.9 Å². The third kappa shape index (κ3) is 4.58. The maximum atomic E-state index is 14.5. The summed E-state index contributed by atoms with van der Waals surface area (Å²) in [6.45, 7) is 5.17. The topological polar surface area (TPSA) is 85.6 Å². The van der Waals surface area contributed by atoms with Crippen LogP contribution < -0.4 is 4.74 Å². The molecule has 0 aliphatic carbocycles. The molecule has 36 heavy (non-hydrogen) atoms. The predicted octanol–water partition coefficient (Wildman–Crippen LogP) is 2.82. The lowest BCUT2D eigenvalue weighted by molar-refractivity contribution is -0.138. The van der Waals surface area contributed by atoms with E-state index in [1.807, 2.05) is 29.0 Å². The summed E-state index contributed by atoms with van der Waals surface area (Å²) >= 11 is 0. The largest absolute Gasteiger partial charge is 0.479 e. The smallest absolute Gasteiger partial charge is 0.250 e. The van der Waals surface area contributed by atoms with Gasteiger partial charge in [-0.25, -0.2) is 14.1 Å². The summed E-state index contributed by atoms with van der Waals surface area (Å²) in [6, 6.07) is 5.26. The van der Waals surface area contributed by atoms with E-state index in [1.54, 1.807) is 17.1 Å². The second-order valence-electron chi connectivity index (χ2n) is 9.20. The third-order valence-electron chi connectivity index (χ3n) is 6.91. The van der Waals surface area contributed by atoms with Crippen molar-refractivity contribution >= 4 is 5.91 Å². The van der Waals surface area contributed by atoms with Gasteiger partial charge >= 0.3 is 0 Å². The molecule has 0 aromatic carbocycles. The molecule has 9 nitrogen and oxygen atoms in total. The first-order valence-electron chi connectivity index (χ1n) is 12.3. The van der Waals surface area contributed by atoms with Crippen LogP contribution in [0.4, 0.5) is 4.39 Å². The minimum Gasteiger partial charge on any atom is -0.479 e. The van der Waals surface area contributed by atoms with Crippen molar-refractivity contribution in [2.24, 2.45) is 0 Å². The van der Waals surface area contributed by atoms with Crippen LogP contribution in [0.5, 0.6) is 5.88 Å². The SMILES string of the molecule is CCC(c1cc(-c2nn(-c3cnc(OC)c(F)c3)c3c2CCOCC3)ccn1)N1CCN(C)CC1=O. The van der Waals surface area contributed by atoms with Gasteiger partial charge in [-0.15, -0.1) is 0 Å². The number of hydrogen-bond donors (Lipinski definition) is 0. The third-order valence-corrected chi connectivity index (χ3v) is 6.91. The highest BCUT2D eigenvalue weighted by atomic mass is 19.1. The van der Waals surface area contributed by atoms with Gasteiger partial charge in [-0.1, -0.05) is 6.92 Å². The van der Waals surface area contributed by atoms with Crippen molar-refractivity contribution in [1.29, 1.82) is 0 Å². The fraction of sp³-hybridized carbons (Fsp3) is 0.462. The van der Waals surface area contributed by atoms with Crippen LogP contribution in [0.3, 0.4) is 0 Å². The number of piperazine rings is 1. The van der Waals surface area contributed by atoms with E-state index in [0.29, 0.717) is 44.8 Å². The van der Waals surface area contributed by atoms with Crippen LogP contribution in [0.25, 0.3) is 16.9 Å². The highest BCUT2D eigenvalue weighted by Crippen LogP contribution is 2.33. The monoisotopic (exact) mass is 494 g/mol. The molecular formula is C26H31FN6O3. The number of carbonyl (C=O) groups is 1. The number of halogens is 1. The Labute approximate surface area is 209 Å². The molecule has 190 valence electrons. The Kier molecular flexibility index (Phi) is 6.97. The highest BCUT2D eigenvalue weighted by molar-refractivity contribution is 5.79. The zero-order valence-electron chi connectivity index (χ0n) is 20.9. The fourth-order valence-electron chi connectivity index (χ4n) is 5.08. The average Bonchev–Trinajstić information content (AvgIpc) is 3.06. The molecule has 5 heterocycles. The maximum Gasteiger partial charge on any atom is 0.250 e. The molecule has 10 heteroatoms. The molecule has 1 amide bonds. The number of carbonyl (C=O) groups excluding carboxylic acids is 1. The van der Waals surface area contributed by atoms with Gasteiger partial charge in [0.1, 0.15) is 0 Å². The second kappa shape index (κ2) is 10.3. The average molecular weight is 495 g/mol. The normalized spacial score (nSPS) is 17.6. The van der Waals surface area contributed by atoms with Crippen LogP contribution in [0.2, 0.25) is 0 Å². The van der Waals surface area contributed by atoms with Gasteiger partial charge in [-0.05, 0) is 32.0 Å². The van der Waals surface area contributed by atoms with E-state index < -0.39 is 5.82 Å². The number of aromatic nitrogens is 4. The minimum atomic E-state index is -0.542. The minimum absolute atomic E-state index is 0.0524. The van der Waals surface area contributed by atoms with Crippen LogP contribution >= 0.6 is 0 Å². The first kappa shape index (κ1) is 24.3. The van der Waals surface area contributed by atoms with Crippen LogP contribution in [-0.2, 0) is 22.4 Å². The molecule has 0 spiro atoms. The van der Waals surface area contributed by atoms with E-state index >= 15 is 0 Å². The van der Waals surface area contributed by atoms with Crippen LogP contribution in [0.1, 0.15) is 36.3 Å². The van der Waals surface area contributed by atoms with E-state index in [1.165, 1.54) is 13.2 Å². The number of nitrogens with zero attached hydrogens (tertiary/aromatic N) is 6. The molecule has 1 atom stereocenters. The molecule has 2 aliphatic heterocycles. The molecule has 5 rings (SSSR count). The molecule has 2 aliphatic rings. The summed E-state index contributed by atoms with van der Waals surface area (Å²) < 4.78 is 27.0. The molecule has 0 bridgehead atoms. The summed E-state index contributed by atoms with van der Waals surface area (Å²) in [5.74, 6) is -0.477. The summed E-state index contributed by atoms with van der Waals surface area (Å²) in [7, 11) is 3.35. The van der Waals surface area contributed by atoms with Crippen molar-refractivity contribution in [2.75, 3.05) is 47.0 Å². The molecule has 3 aromatic heterocycles. The molecule has 1 unspecified atom stereocenters. The lowest BCUT2D eigenvalue weighted by Crippen LogP contribution is -2.50. The zero-order valence-corrected chi connectivity index (χ0v) is 20.9. The molecule has 1 saturated heterocycles. The number of ether oxygens (including phenoxy) is 2. The Morgan fingerprint density at radius 3 is 2.78 bits per heavy atom. The molecular weight excluding hydrogens is 463 g/mol. The van der Waals surface area contributed by atoms with E-state index in [-0.39, 0.29) is 17.8 Å². The second-order valence-corrected chi connectivity index (χ2v) is 9.20. The van der Waals surface area contributed by atoms with Crippen molar-refractivity contribution in [2.45, 2.75) is 32.2 Å². The molecule has 0 N–H and O–H groups in total. The molecule has 0 saturated carbocycles. The quantitative estimate of drug-likeness (QED) is 0.521. The number of likely N-dealkylation sites (N-methyl/N-ethyl adjacent to an activating group) is 1. The molecule has 1 fully saturated rings. The van der Waals surface area contributed by atoms with Crippen molar-refractivity contribution < 1.29 is 18.7 Å². The fourth-order valence-corrected chi connectivity index (χ4v) is 5.08. The number of pyridine rings is 2. The van der Waals surface area contributed by atoms with Crippen molar-refractivity contribution in [1.82, 2.24) is 29.5 Å². The number of hydrogen-bond acceptors (Lipinski definition) is 7. The van der Waals surface area contributed by atoms with E-state index in [9.17, 15) is 9.18 Å². The van der Waals surface area contributed by atoms with Crippen molar-refractivity contribution in [3.8, 4) is 22.8 Å². The Hall–Kier alpha value is -3.37.